The topological polar surface area (TPSA) is 38.8 Å². The van der Waals surface area contributed by atoms with Gasteiger partial charge in [0.1, 0.15) is 0 Å². The van der Waals surface area contributed by atoms with Gasteiger partial charge in [-0.2, -0.15) is 0 Å². The Hall–Kier alpha value is -1.39. The molecule has 4 heteroatoms. The maximum atomic E-state index is 12.7. The van der Waals surface area contributed by atoms with E-state index >= 15 is 0 Å². The number of hydrogen-bond donors (Lipinski definition) is 0. The summed E-state index contributed by atoms with van der Waals surface area (Å²) in [5, 5.41) is 0. The highest BCUT2D eigenvalue weighted by Crippen LogP contribution is 2.37. The van der Waals surface area contributed by atoms with Gasteiger partial charge in [-0.15, -0.1) is 0 Å². The fourth-order valence-corrected chi connectivity index (χ4v) is 4.66. The fourth-order valence-electron chi connectivity index (χ4n) is 4.66. The molecule has 2 atom stereocenters. The van der Waals surface area contributed by atoms with Gasteiger partial charge in [-0.05, 0) is 43.2 Å². The van der Waals surface area contributed by atoms with Gasteiger partial charge in [0.2, 0.25) is 5.91 Å². The number of rotatable bonds is 4. The lowest BCUT2D eigenvalue weighted by molar-refractivity contribution is -0.132. The third kappa shape index (κ3) is 3.09. The molecule has 130 valence electrons. The van der Waals surface area contributed by atoms with Crippen molar-refractivity contribution in [3.8, 4) is 0 Å². The predicted molar refractivity (Wildman–Crippen MR) is 91.9 cm³/mol. The van der Waals surface area contributed by atoms with E-state index < -0.39 is 0 Å². The standard InChI is InChI=1S/C20H27NO3/c1-2-23-18-12-20(24-13-18)7-8-21(14-20)19(22)11-15-9-16-5-3-4-6-17(16)10-15/h3-6,15,18H,2,7-14H2,1H3/t18-,20-/m0/s1. The third-order valence-electron chi connectivity index (χ3n) is 5.85. The molecule has 2 saturated heterocycles. The molecule has 1 spiro atoms. The van der Waals surface area contributed by atoms with Crippen molar-refractivity contribution in [3.05, 3.63) is 35.4 Å². The predicted octanol–water partition coefficient (Wildman–Crippen LogP) is 2.59. The lowest BCUT2D eigenvalue weighted by atomic mass is 9.98. The minimum Gasteiger partial charge on any atom is -0.376 e. The maximum absolute atomic E-state index is 12.7. The smallest absolute Gasteiger partial charge is 0.222 e. The minimum absolute atomic E-state index is 0.145. The number of likely N-dealkylation sites (tertiary alicyclic amines) is 1. The van der Waals surface area contributed by atoms with Crippen molar-refractivity contribution in [2.45, 2.75) is 50.7 Å². The van der Waals surface area contributed by atoms with Crippen LogP contribution in [-0.4, -0.2) is 48.8 Å². The molecule has 3 aliphatic rings. The van der Waals surface area contributed by atoms with Gasteiger partial charge >= 0.3 is 0 Å². The van der Waals surface area contributed by atoms with Gasteiger partial charge in [0.25, 0.3) is 0 Å². The van der Waals surface area contributed by atoms with Crippen molar-refractivity contribution in [2.24, 2.45) is 5.92 Å². The highest BCUT2D eigenvalue weighted by molar-refractivity contribution is 5.77. The minimum atomic E-state index is -0.145. The van der Waals surface area contributed by atoms with E-state index in [-0.39, 0.29) is 11.7 Å². The second-order valence-electron chi connectivity index (χ2n) is 7.59. The average Bonchev–Trinajstić information content (AvgIpc) is 3.27. The molecule has 4 nitrogen and oxygen atoms in total. The number of carbonyl (C=O) groups is 1. The Morgan fingerprint density at radius 1 is 1.33 bits per heavy atom. The van der Waals surface area contributed by atoms with E-state index in [1.807, 2.05) is 11.8 Å². The molecule has 2 heterocycles. The number of nitrogens with zero attached hydrogens (tertiary/aromatic N) is 1. The Morgan fingerprint density at radius 2 is 2.08 bits per heavy atom. The van der Waals surface area contributed by atoms with Crippen LogP contribution < -0.4 is 0 Å². The highest BCUT2D eigenvalue weighted by atomic mass is 16.6. The molecule has 2 fully saturated rings. The molecule has 0 bridgehead atoms. The van der Waals surface area contributed by atoms with Crippen LogP contribution in [0.5, 0.6) is 0 Å². The number of amides is 1. The summed E-state index contributed by atoms with van der Waals surface area (Å²) in [6.07, 6.45) is 4.84. The van der Waals surface area contributed by atoms with Crippen LogP contribution in [-0.2, 0) is 27.1 Å². The summed E-state index contributed by atoms with van der Waals surface area (Å²) in [6, 6.07) is 8.59. The summed E-state index contributed by atoms with van der Waals surface area (Å²) in [5.41, 5.74) is 2.70. The van der Waals surface area contributed by atoms with Crippen LogP contribution in [0.2, 0.25) is 0 Å². The van der Waals surface area contributed by atoms with Crippen LogP contribution in [0.4, 0.5) is 0 Å². The number of carbonyl (C=O) groups excluding carboxylic acids is 1. The first kappa shape index (κ1) is 16.1. The molecular formula is C20H27NO3. The molecule has 1 amide bonds. The van der Waals surface area contributed by atoms with Crippen molar-refractivity contribution in [2.75, 3.05) is 26.3 Å². The maximum Gasteiger partial charge on any atom is 0.222 e. The van der Waals surface area contributed by atoms with Gasteiger partial charge in [0.15, 0.2) is 0 Å². The summed E-state index contributed by atoms with van der Waals surface area (Å²) >= 11 is 0. The fraction of sp³-hybridized carbons (Fsp3) is 0.650. The Kier molecular flexibility index (Phi) is 4.35. The first-order chi connectivity index (χ1) is 11.7. The van der Waals surface area contributed by atoms with E-state index in [0.717, 1.165) is 45.4 Å². The Balaban J connectivity index is 1.31. The van der Waals surface area contributed by atoms with E-state index in [9.17, 15) is 4.79 Å². The monoisotopic (exact) mass is 329 g/mol. The summed E-state index contributed by atoms with van der Waals surface area (Å²) in [6.45, 7) is 5.00. The van der Waals surface area contributed by atoms with Crippen LogP contribution in [0.15, 0.2) is 24.3 Å². The summed E-state index contributed by atoms with van der Waals surface area (Å²) < 4.78 is 11.7. The molecule has 0 aromatic heterocycles. The van der Waals surface area contributed by atoms with Crippen molar-refractivity contribution < 1.29 is 14.3 Å². The highest BCUT2D eigenvalue weighted by Gasteiger charge is 2.47. The average molecular weight is 329 g/mol. The van der Waals surface area contributed by atoms with E-state index in [2.05, 4.69) is 24.3 Å². The van der Waals surface area contributed by atoms with Crippen molar-refractivity contribution >= 4 is 5.91 Å². The zero-order chi connectivity index (χ0) is 16.6. The quantitative estimate of drug-likeness (QED) is 0.852. The van der Waals surface area contributed by atoms with Gasteiger partial charge in [-0.1, -0.05) is 24.3 Å². The van der Waals surface area contributed by atoms with Crippen molar-refractivity contribution in [1.82, 2.24) is 4.90 Å². The van der Waals surface area contributed by atoms with Gasteiger partial charge in [0.05, 0.1) is 18.3 Å². The van der Waals surface area contributed by atoms with E-state index in [4.69, 9.17) is 9.47 Å². The van der Waals surface area contributed by atoms with Gasteiger partial charge < -0.3 is 14.4 Å². The van der Waals surface area contributed by atoms with E-state index in [0.29, 0.717) is 24.9 Å². The zero-order valence-corrected chi connectivity index (χ0v) is 14.5. The van der Waals surface area contributed by atoms with Crippen molar-refractivity contribution in [3.63, 3.8) is 0 Å². The molecule has 2 aliphatic heterocycles. The molecule has 1 aromatic rings. The van der Waals surface area contributed by atoms with Crippen molar-refractivity contribution in [1.29, 1.82) is 0 Å². The first-order valence-corrected chi connectivity index (χ1v) is 9.27. The van der Waals surface area contributed by atoms with Crippen LogP contribution in [0.25, 0.3) is 0 Å². The summed E-state index contributed by atoms with van der Waals surface area (Å²) in [5.74, 6) is 0.764. The number of fused-ring (bicyclic) bond motifs is 1. The molecule has 24 heavy (non-hydrogen) atoms. The Morgan fingerprint density at radius 3 is 2.79 bits per heavy atom. The molecular weight excluding hydrogens is 302 g/mol. The second-order valence-corrected chi connectivity index (χ2v) is 7.59. The van der Waals surface area contributed by atoms with Gasteiger partial charge in [-0.3, -0.25) is 4.79 Å². The molecule has 1 aliphatic carbocycles. The van der Waals surface area contributed by atoms with Crippen LogP contribution >= 0.6 is 0 Å². The second kappa shape index (κ2) is 6.49. The summed E-state index contributed by atoms with van der Waals surface area (Å²) in [7, 11) is 0. The largest absolute Gasteiger partial charge is 0.376 e. The number of hydrogen-bond acceptors (Lipinski definition) is 3. The lowest BCUT2D eigenvalue weighted by Crippen LogP contribution is -2.36. The Labute approximate surface area is 144 Å². The lowest BCUT2D eigenvalue weighted by Gasteiger charge is -2.24. The van der Waals surface area contributed by atoms with Crippen LogP contribution in [0.1, 0.15) is 37.3 Å². The van der Waals surface area contributed by atoms with Gasteiger partial charge in [-0.25, -0.2) is 0 Å². The molecule has 1 aromatic carbocycles. The normalized spacial score (nSPS) is 29.5. The number of ether oxygens (including phenoxy) is 2. The molecule has 4 rings (SSSR count). The van der Waals surface area contributed by atoms with Crippen LogP contribution in [0.3, 0.4) is 0 Å². The third-order valence-corrected chi connectivity index (χ3v) is 5.85. The van der Waals surface area contributed by atoms with Gasteiger partial charge in [0, 0.05) is 32.5 Å². The SMILES string of the molecule is CCO[C@@H]1CO[C@@]2(CCN(C(=O)CC3Cc4ccccc4C3)C2)C1. The summed E-state index contributed by atoms with van der Waals surface area (Å²) in [4.78, 5) is 14.8. The molecule has 0 radical (unpaired) electrons. The van der Waals surface area contributed by atoms with E-state index in [1.54, 1.807) is 0 Å². The van der Waals surface area contributed by atoms with Crippen LogP contribution in [0, 0.1) is 5.92 Å². The molecule has 0 N–H and O–H groups in total. The zero-order valence-electron chi connectivity index (χ0n) is 14.5. The van der Waals surface area contributed by atoms with E-state index in [1.165, 1.54) is 11.1 Å². The molecule has 0 saturated carbocycles. The molecule has 0 unspecified atom stereocenters. The number of benzene rings is 1. The first-order valence-electron chi connectivity index (χ1n) is 9.27. The Bertz CT molecular complexity index is 592.